The summed E-state index contributed by atoms with van der Waals surface area (Å²) in [6.07, 6.45) is 6.12. The normalized spacial score (nSPS) is 16.8. The average Bonchev–Trinajstić information content (AvgIpc) is 3.64. The van der Waals surface area contributed by atoms with Crippen LogP contribution in [0.25, 0.3) is 17.1 Å². The predicted molar refractivity (Wildman–Crippen MR) is 168 cm³/mol. The van der Waals surface area contributed by atoms with E-state index in [1.165, 1.54) is 46.0 Å². The summed E-state index contributed by atoms with van der Waals surface area (Å²) in [5.74, 6) is 0.278. The first-order valence-electron chi connectivity index (χ1n) is 15.5. The maximum absolute atomic E-state index is 11.7. The SMILES string of the molecule is CCOc1c(C(=O)O)cnn1-c1cccc(-c2cccc(C)c2OCc2ccc3c(c2C)CCN(C[C@H]2CCCO2)CC3)n1. The molecule has 2 aliphatic rings. The molecule has 0 saturated carbocycles. The maximum Gasteiger partial charge on any atom is 0.342 e. The standard InChI is InChI=1S/C35H40N4O5/c1-4-42-34-30(35(40)41)20-36-39(34)32-12-6-11-31(37-32)29-10-5-8-23(2)33(29)44-22-26-14-13-25-15-17-38(18-16-28(25)24(26)3)21-27-9-7-19-43-27/h5-6,8,10-14,20,27H,4,7,9,15-19,21-22H2,1-3H3,(H,40,41)/t27-/m1/s1. The predicted octanol–water partition coefficient (Wildman–Crippen LogP) is 5.81. The second-order valence-corrected chi connectivity index (χ2v) is 11.6. The number of aryl methyl sites for hydroxylation is 1. The molecule has 0 amide bonds. The second-order valence-electron chi connectivity index (χ2n) is 11.6. The molecule has 0 unspecified atom stereocenters. The highest BCUT2D eigenvalue weighted by Gasteiger charge is 2.23. The third-order valence-corrected chi connectivity index (χ3v) is 8.72. The molecule has 1 atom stereocenters. The van der Waals surface area contributed by atoms with Crippen molar-refractivity contribution in [2.24, 2.45) is 0 Å². The number of carboxylic acids is 1. The Balaban J connectivity index is 1.23. The Bertz CT molecular complexity index is 1640. The van der Waals surface area contributed by atoms with Gasteiger partial charge in [0.1, 0.15) is 17.9 Å². The van der Waals surface area contributed by atoms with E-state index in [2.05, 4.69) is 29.1 Å². The van der Waals surface area contributed by atoms with Gasteiger partial charge in [-0.15, -0.1) is 0 Å². The highest BCUT2D eigenvalue weighted by Crippen LogP contribution is 2.34. The van der Waals surface area contributed by atoms with E-state index < -0.39 is 5.97 Å². The molecule has 2 aliphatic heterocycles. The fraction of sp³-hybridized carbons (Fsp3) is 0.400. The molecule has 0 spiro atoms. The molecule has 2 aromatic heterocycles. The van der Waals surface area contributed by atoms with E-state index >= 15 is 0 Å². The first-order valence-corrected chi connectivity index (χ1v) is 15.5. The lowest BCUT2D eigenvalue weighted by molar-refractivity contribution is 0.0692. The second kappa shape index (κ2) is 13.2. The third kappa shape index (κ3) is 6.21. The summed E-state index contributed by atoms with van der Waals surface area (Å²) in [5, 5.41) is 13.9. The van der Waals surface area contributed by atoms with Crippen molar-refractivity contribution in [3.8, 4) is 28.7 Å². The molecule has 0 aliphatic carbocycles. The third-order valence-electron chi connectivity index (χ3n) is 8.72. The van der Waals surface area contributed by atoms with Gasteiger partial charge in [0, 0.05) is 31.8 Å². The van der Waals surface area contributed by atoms with Crippen molar-refractivity contribution in [2.75, 3.05) is 32.8 Å². The molecule has 230 valence electrons. The van der Waals surface area contributed by atoms with E-state index in [-0.39, 0.29) is 11.4 Å². The summed E-state index contributed by atoms with van der Waals surface area (Å²) in [4.78, 5) is 19.1. The Kier molecular flexibility index (Phi) is 8.95. The zero-order chi connectivity index (χ0) is 30.6. The van der Waals surface area contributed by atoms with Gasteiger partial charge in [-0.05, 0) is 92.5 Å². The number of para-hydroxylation sites is 1. The molecule has 0 bridgehead atoms. The Labute approximate surface area is 258 Å². The zero-order valence-corrected chi connectivity index (χ0v) is 25.7. The van der Waals surface area contributed by atoms with Crippen molar-refractivity contribution in [3.63, 3.8) is 0 Å². The largest absolute Gasteiger partial charge is 0.488 e. The number of hydrogen-bond donors (Lipinski definition) is 1. The molecule has 9 nitrogen and oxygen atoms in total. The van der Waals surface area contributed by atoms with Gasteiger partial charge in [-0.1, -0.05) is 30.3 Å². The highest BCUT2D eigenvalue weighted by molar-refractivity contribution is 5.90. The Morgan fingerprint density at radius 3 is 2.70 bits per heavy atom. The average molecular weight is 597 g/mol. The minimum Gasteiger partial charge on any atom is -0.488 e. The van der Waals surface area contributed by atoms with E-state index in [0.717, 1.165) is 56.0 Å². The van der Waals surface area contributed by atoms with E-state index in [1.54, 1.807) is 13.0 Å². The number of pyridine rings is 1. The Morgan fingerprint density at radius 1 is 1.07 bits per heavy atom. The van der Waals surface area contributed by atoms with Crippen LogP contribution in [-0.4, -0.2) is 69.7 Å². The summed E-state index contributed by atoms with van der Waals surface area (Å²) in [6, 6.07) is 16.1. The maximum atomic E-state index is 11.7. The molecule has 9 heteroatoms. The number of rotatable bonds is 10. The molecule has 0 radical (unpaired) electrons. The van der Waals surface area contributed by atoms with Gasteiger partial charge >= 0.3 is 5.97 Å². The minimum atomic E-state index is -1.10. The molecule has 1 N–H and O–H groups in total. The summed E-state index contributed by atoms with van der Waals surface area (Å²) in [5.41, 5.74) is 7.94. The van der Waals surface area contributed by atoms with Gasteiger partial charge in [-0.3, -0.25) is 0 Å². The monoisotopic (exact) mass is 596 g/mol. The number of ether oxygens (including phenoxy) is 3. The molecule has 2 aromatic carbocycles. The molecular weight excluding hydrogens is 556 g/mol. The van der Waals surface area contributed by atoms with Gasteiger partial charge in [0.15, 0.2) is 5.82 Å². The van der Waals surface area contributed by atoms with Crippen LogP contribution >= 0.6 is 0 Å². The number of fused-ring (bicyclic) bond motifs is 1. The number of aromatic nitrogens is 3. The molecule has 1 saturated heterocycles. The first-order chi connectivity index (χ1) is 21.4. The smallest absolute Gasteiger partial charge is 0.342 e. The number of nitrogens with zero attached hydrogens (tertiary/aromatic N) is 4. The van der Waals surface area contributed by atoms with Gasteiger partial charge in [-0.2, -0.15) is 9.78 Å². The van der Waals surface area contributed by atoms with Crippen LogP contribution in [0, 0.1) is 13.8 Å². The van der Waals surface area contributed by atoms with E-state index in [0.29, 0.717) is 30.8 Å². The number of aromatic carboxylic acids is 1. The number of benzene rings is 2. The van der Waals surface area contributed by atoms with Gasteiger partial charge in [0.2, 0.25) is 5.88 Å². The van der Waals surface area contributed by atoms with Crippen molar-refractivity contribution < 1.29 is 24.1 Å². The summed E-state index contributed by atoms with van der Waals surface area (Å²) < 4.78 is 19.5. The lowest BCUT2D eigenvalue weighted by atomic mass is 9.94. The number of carboxylic acid groups (broad SMARTS) is 1. The quantitative estimate of drug-likeness (QED) is 0.245. The number of hydrogen-bond acceptors (Lipinski definition) is 7. The van der Waals surface area contributed by atoms with Crippen LogP contribution in [0.4, 0.5) is 0 Å². The molecule has 4 aromatic rings. The van der Waals surface area contributed by atoms with Crippen LogP contribution in [0.3, 0.4) is 0 Å². The van der Waals surface area contributed by atoms with Crippen LogP contribution in [0.15, 0.2) is 54.7 Å². The Morgan fingerprint density at radius 2 is 1.91 bits per heavy atom. The summed E-state index contributed by atoms with van der Waals surface area (Å²) >= 11 is 0. The van der Waals surface area contributed by atoms with E-state index in [4.69, 9.17) is 19.2 Å². The zero-order valence-electron chi connectivity index (χ0n) is 25.7. The summed E-state index contributed by atoms with van der Waals surface area (Å²) in [6.45, 7) is 10.9. The van der Waals surface area contributed by atoms with Gasteiger partial charge in [0.05, 0.1) is 24.6 Å². The van der Waals surface area contributed by atoms with Gasteiger partial charge in [0.25, 0.3) is 0 Å². The van der Waals surface area contributed by atoms with E-state index in [1.807, 2.05) is 37.3 Å². The molecular formula is C35H40N4O5. The van der Waals surface area contributed by atoms with Crippen molar-refractivity contribution in [1.82, 2.24) is 19.7 Å². The van der Waals surface area contributed by atoms with Crippen LogP contribution in [0.2, 0.25) is 0 Å². The fourth-order valence-corrected chi connectivity index (χ4v) is 6.33. The van der Waals surface area contributed by atoms with Crippen LogP contribution < -0.4 is 9.47 Å². The van der Waals surface area contributed by atoms with Crippen molar-refractivity contribution in [2.45, 2.75) is 59.2 Å². The molecule has 4 heterocycles. The van der Waals surface area contributed by atoms with Gasteiger partial charge < -0.3 is 24.2 Å². The van der Waals surface area contributed by atoms with Crippen LogP contribution in [0.5, 0.6) is 11.6 Å². The minimum absolute atomic E-state index is 0.00899. The van der Waals surface area contributed by atoms with Crippen LogP contribution in [-0.2, 0) is 24.2 Å². The molecule has 6 rings (SSSR count). The van der Waals surface area contributed by atoms with Gasteiger partial charge in [-0.25, -0.2) is 9.78 Å². The molecule has 44 heavy (non-hydrogen) atoms. The lowest BCUT2D eigenvalue weighted by Crippen LogP contribution is -2.34. The van der Waals surface area contributed by atoms with Crippen molar-refractivity contribution in [1.29, 1.82) is 0 Å². The fourth-order valence-electron chi connectivity index (χ4n) is 6.33. The number of carbonyl (C=O) groups is 1. The van der Waals surface area contributed by atoms with E-state index in [9.17, 15) is 9.90 Å². The topological polar surface area (TPSA) is 98.9 Å². The van der Waals surface area contributed by atoms with Crippen molar-refractivity contribution >= 4 is 5.97 Å². The molecule has 1 fully saturated rings. The van der Waals surface area contributed by atoms with Crippen molar-refractivity contribution in [3.05, 3.63) is 88.1 Å². The van der Waals surface area contributed by atoms with Crippen LogP contribution in [0.1, 0.15) is 57.9 Å². The summed E-state index contributed by atoms with van der Waals surface area (Å²) in [7, 11) is 0. The Hall–Kier alpha value is -4.21. The first kappa shape index (κ1) is 29.8. The lowest BCUT2D eigenvalue weighted by Gasteiger charge is -2.23. The highest BCUT2D eigenvalue weighted by atomic mass is 16.5.